The average molecular weight is 223 g/mol. The van der Waals surface area contributed by atoms with Crippen molar-refractivity contribution in [3.8, 4) is 0 Å². The van der Waals surface area contributed by atoms with Crippen molar-refractivity contribution in [2.75, 3.05) is 6.54 Å². The Bertz CT molecular complexity index is 310. The molecule has 0 spiro atoms. The van der Waals surface area contributed by atoms with E-state index in [2.05, 4.69) is 30.6 Å². The highest BCUT2D eigenvalue weighted by Gasteiger charge is 2.35. The van der Waals surface area contributed by atoms with Crippen LogP contribution in [0.1, 0.15) is 50.0 Å². The lowest BCUT2D eigenvalue weighted by atomic mass is 9.82. The summed E-state index contributed by atoms with van der Waals surface area (Å²) in [5, 5.41) is 6.05. The van der Waals surface area contributed by atoms with Crippen LogP contribution >= 0.6 is 11.3 Å². The first-order valence-electron chi connectivity index (χ1n) is 6.14. The Morgan fingerprint density at radius 1 is 1.33 bits per heavy atom. The second-order valence-electron chi connectivity index (χ2n) is 4.53. The van der Waals surface area contributed by atoms with E-state index in [0.717, 1.165) is 6.54 Å². The van der Waals surface area contributed by atoms with Gasteiger partial charge in [0.05, 0.1) is 5.54 Å². The molecule has 0 fully saturated rings. The monoisotopic (exact) mass is 223 g/mol. The van der Waals surface area contributed by atoms with Crippen LogP contribution in [0.5, 0.6) is 0 Å². The first-order valence-corrected chi connectivity index (χ1v) is 7.02. The molecule has 0 aliphatic carbocycles. The van der Waals surface area contributed by atoms with E-state index >= 15 is 0 Å². The van der Waals surface area contributed by atoms with Gasteiger partial charge in [0.1, 0.15) is 0 Å². The van der Waals surface area contributed by atoms with Gasteiger partial charge < -0.3 is 5.32 Å². The molecular formula is C13H21NS. The summed E-state index contributed by atoms with van der Waals surface area (Å²) in [5.41, 5.74) is 1.91. The third kappa shape index (κ3) is 1.98. The van der Waals surface area contributed by atoms with Crippen molar-refractivity contribution >= 4 is 11.3 Å². The SMILES string of the molecule is CCCC1(CCC)NCCc2ccsc21. The van der Waals surface area contributed by atoms with Crippen molar-refractivity contribution < 1.29 is 0 Å². The maximum atomic E-state index is 3.79. The highest BCUT2D eigenvalue weighted by molar-refractivity contribution is 7.10. The number of hydrogen-bond donors (Lipinski definition) is 1. The first kappa shape index (κ1) is 11.2. The Hall–Kier alpha value is -0.340. The molecule has 0 bridgehead atoms. The Kier molecular flexibility index (Phi) is 3.47. The molecule has 0 radical (unpaired) electrons. The van der Waals surface area contributed by atoms with Crippen LogP contribution in [0, 0.1) is 0 Å². The Balaban J connectivity index is 2.33. The van der Waals surface area contributed by atoms with Crippen LogP contribution < -0.4 is 5.32 Å². The molecule has 1 N–H and O–H groups in total. The minimum atomic E-state index is 0.311. The molecule has 0 aromatic carbocycles. The molecule has 1 aliphatic heterocycles. The third-order valence-electron chi connectivity index (χ3n) is 3.39. The lowest BCUT2D eigenvalue weighted by Gasteiger charge is -2.38. The summed E-state index contributed by atoms with van der Waals surface area (Å²) in [5.74, 6) is 0. The molecule has 0 unspecified atom stereocenters. The van der Waals surface area contributed by atoms with Gasteiger partial charge in [-0.05, 0) is 36.3 Å². The van der Waals surface area contributed by atoms with E-state index in [9.17, 15) is 0 Å². The fourth-order valence-electron chi connectivity index (χ4n) is 2.85. The Morgan fingerprint density at radius 3 is 2.73 bits per heavy atom. The van der Waals surface area contributed by atoms with E-state index in [0.29, 0.717) is 5.54 Å². The summed E-state index contributed by atoms with van der Waals surface area (Å²) in [6.45, 7) is 5.74. The zero-order valence-electron chi connectivity index (χ0n) is 9.81. The van der Waals surface area contributed by atoms with Gasteiger partial charge in [0.25, 0.3) is 0 Å². The summed E-state index contributed by atoms with van der Waals surface area (Å²) < 4.78 is 0. The van der Waals surface area contributed by atoms with Crippen molar-refractivity contribution in [2.24, 2.45) is 0 Å². The van der Waals surface area contributed by atoms with Gasteiger partial charge in [0, 0.05) is 11.4 Å². The predicted molar refractivity (Wildman–Crippen MR) is 67.5 cm³/mol. The number of hydrogen-bond acceptors (Lipinski definition) is 2. The summed E-state index contributed by atoms with van der Waals surface area (Å²) in [6, 6.07) is 2.32. The minimum Gasteiger partial charge on any atom is -0.306 e. The van der Waals surface area contributed by atoms with Crippen LogP contribution in [0.4, 0.5) is 0 Å². The molecule has 1 aromatic heterocycles. The van der Waals surface area contributed by atoms with E-state index in [1.54, 1.807) is 10.4 Å². The molecule has 0 saturated heterocycles. The quantitative estimate of drug-likeness (QED) is 0.821. The summed E-state index contributed by atoms with van der Waals surface area (Å²) in [6.07, 6.45) is 6.32. The van der Waals surface area contributed by atoms with Crippen LogP contribution in [-0.4, -0.2) is 6.54 Å². The van der Waals surface area contributed by atoms with Gasteiger partial charge in [0.2, 0.25) is 0 Å². The third-order valence-corrected chi connectivity index (χ3v) is 4.55. The van der Waals surface area contributed by atoms with Crippen molar-refractivity contribution in [1.82, 2.24) is 5.32 Å². The smallest absolute Gasteiger partial charge is 0.0531 e. The molecular weight excluding hydrogens is 202 g/mol. The van der Waals surface area contributed by atoms with Gasteiger partial charge in [-0.25, -0.2) is 0 Å². The molecule has 2 rings (SSSR count). The fourth-order valence-corrected chi connectivity index (χ4v) is 4.04. The molecule has 0 amide bonds. The zero-order chi connectivity index (χ0) is 10.7. The molecule has 0 atom stereocenters. The lowest BCUT2D eigenvalue weighted by molar-refractivity contribution is 0.273. The van der Waals surface area contributed by atoms with Crippen LogP contribution in [0.3, 0.4) is 0 Å². The maximum absolute atomic E-state index is 3.79. The molecule has 1 aromatic rings. The highest BCUT2D eigenvalue weighted by Crippen LogP contribution is 2.39. The van der Waals surface area contributed by atoms with Crippen molar-refractivity contribution in [3.63, 3.8) is 0 Å². The first-order chi connectivity index (χ1) is 7.32. The molecule has 1 aliphatic rings. The average Bonchev–Trinajstić information content (AvgIpc) is 2.68. The van der Waals surface area contributed by atoms with E-state index < -0.39 is 0 Å². The van der Waals surface area contributed by atoms with E-state index in [-0.39, 0.29) is 0 Å². The predicted octanol–water partition coefficient (Wildman–Crippen LogP) is 3.69. The van der Waals surface area contributed by atoms with Gasteiger partial charge in [-0.1, -0.05) is 26.7 Å². The molecule has 1 nitrogen and oxygen atoms in total. The number of nitrogens with one attached hydrogen (secondary N) is 1. The molecule has 84 valence electrons. The molecule has 2 heterocycles. The minimum absolute atomic E-state index is 0.311. The lowest BCUT2D eigenvalue weighted by Crippen LogP contribution is -2.46. The number of fused-ring (bicyclic) bond motifs is 1. The number of rotatable bonds is 4. The van der Waals surface area contributed by atoms with Gasteiger partial charge >= 0.3 is 0 Å². The van der Waals surface area contributed by atoms with E-state index in [4.69, 9.17) is 0 Å². The summed E-state index contributed by atoms with van der Waals surface area (Å²) in [4.78, 5) is 1.62. The Labute approximate surface area is 96.9 Å². The fraction of sp³-hybridized carbons (Fsp3) is 0.692. The van der Waals surface area contributed by atoms with E-state index in [1.165, 1.54) is 32.1 Å². The second-order valence-corrected chi connectivity index (χ2v) is 5.45. The number of thiophene rings is 1. The van der Waals surface area contributed by atoms with Crippen LogP contribution in [-0.2, 0) is 12.0 Å². The van der Waals surface area contributed by atoms with Gasteiger partial charge in [0.15, 0.2) is 0 Å². The summed E-state index contributed by atoms with van der Waals surface area (Å²) in [7, 11) is 0. The topological polar surface area (TPSA) is 12.0 Å². The molecule has 15 heavy (non-hydrogen) atoms. The summed E-state index contributed by atoms with van der Waals surface area (Å²) >= 11 is 1.95. The highest BCUT2D eigenvalue weighted by atomic mass is 32.1. The normalized spacial score (nSPS) is 18.8. The second kappa shape index (κ2) is 4.67. The van der Waals surface area contributed by atoms with Crippen LogP contribution in [0.15, 0.2) is 11.4 Å². The maximum Gasteiger partial charge on any atom is 0.0531 e. The van der Waals surface area contributed by atoms with Crippen molar-refractivity contribution in [1.29, 1.82) is 0 Å². The standard InChI is InChI=1S/C13H21NS/c1-3-7-13(8-4-2)12-11(5-9-14-13)6-10-15-12/h6,10,14H,3-5,7-9H2,1-2H3. The zero-order valence-corrected chi connectivity index (χ0v) is 10.6. The van der Waals surface area contributed by atoms with Gasteiger partial charge in [-0.2, -0.15) is 0 Å². The molecule has 2 heteroatoms. The van der Waals surface area contributed by atoms with Crippen LogP contribution in [0.2, 0.25) is 0 Å². The van der Waals surface area contributed by atoms with Gasteiger partial charge in [-0.15, -0.1) is 11.3 Å². The van der Waals surface area contributed by atoms with Crippen molar-refractivity contribution in [2.45, 2.75) is 51.5 Å². The van der Waals surface area contributed by atoms with Gasteiger partial charge in [-0.3, -0.25) is 0 Å². The molecule has 0 saturated carbocycles. The van der Waals surface area contributed by atoms with Crippen molar-refractivity contribution in [3.05, 3.63) is 21.9 Å². The largest absolute Gasteiger partial charge is 0.306 e. The Morgan fingerprint density at radius 2 is 2.07 bits per heavy atom. The van der Waals surface area contributed by atoms with Crippen LogP contribution in [0.25, 0.3) is 0 Å². The van der Waals surface area contributed by atoms with E-state index in [1.807, 2.05) is 11.3 Å².